The van der Waals surface area contributed by atoms with Crippen molar-refractivity contribution < 1.29 is 4.74 Å². The van der Waals surface area contributed by atoms with Crippen LogP contribution in [-0.4, -0.2) is 67.8 Å². The Morgan fingerprint density at radius 1 is 1.13 bits per heavy atom. The van der Waals surface area contributed by atoms with Crippen LogP contribution in [0, 0.1) is 0 Å². The molecule has 2 aromatic rings. The number of ether oxygens (including phenoxy) is 1. The van der Waals surface area contributed by atoms with Crippen LogP contribution in [0.1, 0.15) is 25.3 Å². The van der Waals surface area contributed by atoms with E-state index in [4.69, 9.17) is 9.72 Å². The van der Waals surface area contributed by atoms with Crippen molar-refractivity contribution in [1.82, 2.24) is 14.9 Å². The van der Waals surface area contributed by atoms with Crippen molar-refractivity contribution in [2.75, 3.05) is 62.0 Å². The molecule has 3 heterocycles. The molecule has 1 saturated carbocycles. The predicted octanol–water partition coefficient (Wildman–Crippen LogP) is 3.37. The lowest BCUT2D eigenvalue weighted by Crippen LogP contribution is -2.44. The fraction of sp³-hybridized carbons (Fsp3) is 0.478. The lowest BCUT2D eigenvalue weighted by molar-refractivity contribution is 0.312. The summed E-state index contributed by atoms with van der Waals surface area (Å²) in [6.07, 6.45) is 6.62. The number of likely N-dealkylation sites (N-methyl/N-ethyl adjacent to an activating group) is 1. The van der Waals surface area contributed by atoms with Gasteiger partial charge in [-0.3, -0.25) is 0 Å². The normalized spacial score (nSPS) is 19.4. The SMILES string of the molecule is COc1cc(N2CCN(C)CC2)ccc1Nc1ncc2c(n1)N(C1CC1)CC(C)=C2. The molecular weight excluding hydrogens is 376 g/mol. The zero-order valence-corrected chi connectivity index (χ0v) is 18.1. The van der Waals surface area contributed by atoms with E-state index < -0.39 is 0 Å². The van der Waals surface area contributed by atoms with Gasteiger partial charge in [-0.1, -0.05) is 5.57 Å². The second kappa shape index (κ2) is 7.80. The predicted molar refractivity (Wildman–Crippen MR) is 122 cm³/mol. The van der Waals surface area contributed by atoms with Gasteiger partial charge in [-0.2, -0.15) is 4.98 Å². The monoisotopic (exact) mass is 406 g/mol. The summed E-state index contributed by atoms with van der Waals surface area (Å²) in [6, 6.07) is 6.94. The lowest BCUT2D eigenvalue weighted by atomic mass is 10.1. The number of aromatic nitrogens is 2. The summed E-state index contributed by atoms with van der Waals surface area (Å²) < 4.78 is 5.69. The molecule has 0 spiro atoms. The molecule has 30 heavy (non-hydrogen) atoms. The van der Waals surface area contributed by atoms with E-state index in [1.165, 1.54) is 24.1 Å². The van der Waals surface area contributed by atoms with Gasteiger partial charge in [0.15, 0.2) is 0 Å². The summed E-state index contributed by atoms with van der Waals surface area (Å²) in [5.74, 6) is 2.45. The van der Waals surface area contributed by atoms with Gasteiger partial charge < -0.3 is 24.8 Å². The van der Waals surface area contributed by atoms with Gasteiger partial charge in [0.1, 0.15) is 11.6 Å². The maximum absolute atomic E-state index is 5.69. The van der Waals surface area contributed by atoms with Gasteiger partial charge in [-0.15, -0.1) is 0 Å². The van der Waals surface area contributed by atoms with Gasteiger partial charge in [0.05, 0.1) is 12.8 Å². The molecule has 1 N–H and O–H groups in total. The molecule has 1 aromatic carbocycles. The number of hydrogen-bond donors (Lipinski definition) is 1. The van der Waals surface area contributed by atoms with Crippen molar-refractivity contribution in [1.29, 1.82) is 0 Å². The molecule has 0 bridgehead atoms. The van der Waals surface area contributed by atoms with Crippen LogP contribution in [-0.2, 0) is 0 Å². The van der Waals surface area contributed by atoms with Crippen molar-refractivity contribution >= 4 is 29.2 Å². The van der Waals surface area contributed by atoms with Crippen LogP contribution in [0.25, 0.3) is 6.08 Å². The van der Waals surface area contributed by atoms with Crippen LogP contribution in [0.2, 0.25) is 0 Å². The van der Waals surface area contributed by atoms with E-state index >= 15 is 0 Å². The first-order valence-electron chi connectivity index (χ1n) is 10.8. The molecule has 158 valence electrons. The van der Waals surface area contributed by atoms with Crippen LogP contribution >= 0.6 is 0 Å². The maximum atomic E-state index is 5.69. The lowest BCUT2D eigenvalue weighted by Gasteiger charge is -2.34. The Bertz CT molecular complexity index is 962. The Morgan fingerprint density at radius 3 is 2.67 bits per heavy atom. The number of rotatable bonds is 5. The molecule has 0 atom stereocenters. The summed E-state index contributed by atoms with van der Waals surface area (Å²) in [7, 11) is 3.88. The minimum absolute atomic E-state index is 0.609. The maximum Gasteiger partial charge on any atom is 0.229 e. The van der Waals surface area contributed by atoms with Gasteiger partial charge in [0.25, 0.3) is 0 Å². The third kappa shape index (κ3) is 3.81. The van der Waals surface area contributed by atoms with Crippen LogP contribution in [0.15, 0.2) is 30.0 Å². The number of hydrogen-bond acceptors (Lipinski definition) is 7. The highest BCUT2D eigenvalue weighted by Crippen LogP contribution is 2.37. The highest BCUT2D eigenvalue weighted by Gasteiger charge is 2.33. The fourth-order valence-corrected chi connectivity index (χ4v) is 4.28. The molecule has 5 rings (SSSR count). The Hall–Kier alpha value is -2.80. The molecule has 1 saturated heterocycles. The van der Waals surface area contributed by atoms with E-state index in [1.54, 1.807) is 7.11 Å². The van der Waals surface area contributed by atoms with E-state index in [2.05, 4.69) is 63.2 Å². The Morgan fingerprint density at radius 2 is 1.93 bits per heavy atom. The van der Waals surface area contributed by atoms with Gasteiger partial charge >= 0.3 is 0 Å². The van der Waals surface area contributed by atoms with Crippen molar-refractivity contribution in [3.05, 3.63) is 35.5 Å². The van der Waals surface area contributed by atoms with Gasteiger partial charge in [0.2, 0.25) is 5.95 Å². The zero-order valence-electron chi connectivity index (χ0n) is 18.1. The molecule has 2 aliphatic heterocycles. The number of nitrogens with one attached hydrogen (secondary N) is 1. The van der Waals surface area contributed by atoms with Crippen molar-refractivity contribution in [2.45, 2.75) is 25.8 Å². The van der Waals surface area contributed by atoms with E-state index in [1.807, 2.05) is 6.20 Å². The fourth-order valence-electron chi connectivity index (χ4n) is 4.28. The smallest absolute Gasteiger partial charge is 0.229 e. The third-order valence-corrected chi connectivity index (χ3v) is 6.18. The number of fused-ring (bicyclic) bond motifs is 1. The minimum Gasteiger partial charge on any atom is -0.494 e. The van der Waals surface area contributed by atoms with Crippen molar-refractivity contribution in [3.8, 4) is 5.75 Å². The molecule has 0 radical (unpaired) electrons. The molecule has 0 amide bonds. The van der Waals surface area contributed by atoms with Crippen LogP contribution in [0.3, 0.4) is 0 Å². The first-order chi connectivity index (χ1) is 14.6. The number of nitrogens with zero attached hydrogens (tertiary/aromatic N) is 5. The quantitative estimate of drug-likeness (QED) is 0.817. The Labute approximate surface area is 178 Å². The second-order valence-electron chi connectivity index (χ2n) is 8.62. The van der Waals surface area contributed by atoms with Crippen LogP contribution < -0.4 is 19.9 Å². The Balaban J connectivity index is 1.38. The summed E-state index contributed by atoms with van der Waals surface area (Å²) in [6.45, 7) is 7.36. The standard InChI is InChI=1S/C23H30N6O/c1-16-12-17-14-24-23(26-22(17)29(15-16)18-4-5-18)25-20-7-6-19(13-21(20)30-3)28-10-8-27(2)9-11-28/h6-7,12-14,18H,4-5,8-11,15H2,1-3H3,(H,24,25,26). The molecule has 3 aliphatic rings. The summed E-state index contributed by atoms with van der Waals surface area (Å²) in [5, 5.41) is 3.38. The molecule has 7 heteroatoms. The highest BCUT2D eigenvalue weighted by molar-refractivity contribution is 5.73. The third-order valence-electron chi connectivity index (χ3n) is 6.18. The average Bonchev–Trinajstić information content (AvgIpc) is 3.59. The van der Waals surface area contributed by atoms with Gasteiger partial charge in [-0.05, 0) is 45.0 Å². The van der Waals surface area contributed by atoms with Gasteiger partial charge in [0, 0.05) is 62.3 Å². The number of methoxy groups -OCH3 is 1. The number of anilines is 4. The number of piperazine rings is 1. The number of benzene rings is 1. The van der Waals surface area contributed by atoms with Crippen molar-refractivity contribution in [3.63, 3.8) is 0 Å². The summed E-state index contributed by atoms with van der Waals surface area (Å²) >= 11 is 0. The molecule has 7 nitrogen and oxygen atoms in total. The topological polar surface area (TPSA) is 56.8 Å². The molecule has 1 aliphatic carbocycles. The van der Waals surface area contributed by atoms with Crippen LogP contribution in [0.5, 0.6) is 5.75 Å². The molecular formula is C23H30N6O. The first-order valence-corrected chi connectivity index (χ1v) is 10.8. The largest absolute Gasteiger partial charge is 0.494 e. The van der Waals surface area contributed by atoms with E-state index in [-0.39, 0.29) is 0 Å². The molecule has 0 unspecified atom stereocenters. The minimum atomic E-state index is 0.609. The highest BCUT2D eigenvalue weighted by atomic mass is 16.5. The average molecular weight is 407 g/mol. The summed E-state index contributed by atoms with van der Waals surface area (Å²) in [5.41, 5.74) is 4.54. The zero-order chi connectivity index (χ0) is 20.7. The van der Waals surface area contributed by atoms with E-state index in [0.717, 1.165) is 55.5 Å². The van der Waals surface area contributed by atoms with Crippen molar-refractivity contribution in [2.24, 2.45) is 0 Å². The Kier molecular flexibility index (Phi) is 4.98. The van der Waals surface area contributed by atoms with Crippen LogP contribution in [0.4, 0.5) is 23.1 Å². The second-order valence-corrected chi connectivity index (χ2v) is 8.62. The molecule has 2 fully saturated rings. The first kappa shape index (κ1) is 19.2. The van der Waals surface area contributed by atoms with E-state index in [0.29, 0.717) is 12.0 Å². The van der Waals surface area contributed by atoms with E-state index in [9.17, 15) is 0 Å². The van der Waals surface area contributed by atoms with Gasteiger partial charge in [-0.25, -0.2) is 4.98 Å². The molecule has 1 aromatic heterocycles. The summed E-state index contributed by atoms with van der Waals surface area (Å²) in [4.78, 5) is 16.6.